The van der Waals surface area contributed by atoms with Crippen molar-refractivity contribution in [1.29, 1.82) is 0 Å². The molecule has 0 aromatic heterocycles. The van der Waals surface area contributed by atoms with Crippen molar-refractivity contribution in [2.45, 2.75) is 29.1 Å². The van der Waals surface area contributed by atoms with E-state index < -0.39 is 0 Å². The van der Waals surface area contributed by atoms with E-state index in [1.54, 1.807) is 0 Å². The standard InChI is InChI=1S/C20H20ClNS/c21-15-9-10-20-18(14-15)16(7-5-13-22-11-3-4-12-22)17-6-1-2-8-19(17)23-20/h1-2,6-10,14H,3-5,11-13H2/b16-7+. The number of hydrogen-bond acceptors (Lipinski definition) is 2. The molecule has 118 valence electrons. The minimum atomic E-state index is 0.814. The van der Waals surface area contributed by atoms with Crippen LogP contribution < -0.4 is 0 Å². The van der Waals surface area contributed by atoms with Crippen LogP contribution in [0.3, 0.4) is 0 Å². The SMILES string of the molecule is Clc1ccc2c(c1)/C(=C/CCN1CCCC1)c1ccccc1S2. The molecule has 3 heteroatoms. The first kappa shape index (κ1) is 15.3. The maximum atomic E-state index is 6.26. The van der Waals surface area contributed by atoms with Gasteiger partial charge in [0, 0.05) is 21.4 Å². The molecule has 1 fully saturated rings. The van der Waals surface area contributed by atoms with Crippen LogP contribution in [0, 0.1) is 0 Å². The molecule has 0 N–H and O–H groups in total. The Labute approximate surface area is 147 Å². The first-order valence-corrected chi connectivity index (χ1v) is 9.50. The first-order chi connectivity index (χ1) is 11.3. The summed E-state index contributed by atoms with van der Waals surface area (Å²) in [6, 6.07) is 14.9. The third kappa shape index (κ3) is 3.21. The number of benzene rings is 2. The molecule has 0 aliphatic carbocycles. The number of fused-ring (bicyclic) bond motifs is 2. The van der Waals surface area contributed by atoms with E-state index in [4.69, 9.17) is 11.6 Å². The third-order valence-electron chi connectivity index (χ3n) is 4.62. The van der Waals surface area contributed by atoms with Gasteiger partial charge in [-0.05, 0) is 73.3 Å². The van der Waals surface area contributed by atoms with Gasteiger partial charge in [-0.25, -0.2) is 0 Å². The third-order valence-corrected chi connectivity index (χ3v) is 6.01. The lowest BCUT2D eigenvalue weighted by Crippen LogP contribution is -2.19. The number of hydrogen-bond donors (Lipinski definition) is 0. The molecule has 0 radical (unpaired) electrons. The van der Waals surface area contributed by atoms with Crippen molar-refractivity contribution < 1.29 is 0 Å². The van der Waals surface area contributed by atoms with Gasteiger partial charge in [-0.2, -0.15) is 0 Å². The van der Waals surface area contributed by atoms with Crippen molar-refractivity contribution in [2.24, 2.45) is 0 Å². The van der Waals surface area contributed by atoms with Crippen LogP contribution in [0.1, 0.15) is 30.4 Å². The molecule has 2 heterocycles. The molecule has 0 saturated carbocycles. The van der Waals surface area contributed by atoms with Gasteiger partial charge in [0.05, 0.1) is 0 Å². The van der Waals surface area contributed by atoms with Crippen molar-refractivity contribution >= 4 is 28.9 Å². The van der Waals surface area contributed by atoms with Crippen molar-refractivity contribution in [3.05, 3.63) is 64.7 Å². The molecule has 0 amide bonds. The van der Waals surface area contributed by atoms with Gasteiger partial charge < -0.3 is 4.90 Å². The number of nitrogens with zero attached hydrogens (tertiary/aromatic N) is 1. The molecular weight excluding hydrogens is 322 g/mol. The molecule has 1 saturated heterocycles. The van der Waals surface area contributed by atoms with Gasteiger partial charge in [-0.15, -0.1) is 0 Å². The lowest BCUT2D eigenvalue weighted by atomic mass is 9.96. The maximum absolute atomic E-state index is 6.26. The smallest absolute Gasteiger partial charge is 0.0412 e. The van der Waals surface area contributed by atoms with E-state index in [0.717, 1.165) is 18.0 Å². The number of rotatable bonds is 3. The summed E-state index contributed by atoms with van der Waals surface area (Å²) in [5.41, 5.74) is 3.97. The highest BCUT2D eigenvalue weighted by Crippen LogP contribution is 2.46. The molecule has 0 unspecified atom stereocenters. The maximum Gasteiger partial charge on any atom is 0.0412 e. The summed E-state index contributed by atoms with van der Waals surface area (Å²) in [5.74, 6) is 0. The van der Waals surface area contributed by atoms with E-state index in [0.29, 0.717) is 0 Å². The summed E-state index contributed by atoms with van der Waals surface area (Å²) < 4.78 is 0. The van der Waals surface area contributed by atoms with E-state index in [-0.39, 0.29) is 0 Å². The van der Waals surface area contributed by atoms with Crippen LogP contribution in [-0.4, -0.2) is 24.5 Å². The average molecular weight is 342 g/mol. The van der Waals surface area contributed by atoms with Crippen LogP contribution in [0.5, 0.6) is 0 Å². The first-order valence-electron chi connectivity index (χ1n) is 8.31. The van der Waals surface area contributed by atoms with Gasteiger partial charge in [0.15, 0.2) is 0 Å². The summed E-state index contributed by atoms with van der Waals surface area (Å²) in [6.45, 7) is 3.69. The second-order valence-corrected chi connectivity index (χ2v) is 7.71. The van der Waals surface area contributed by atoms with Gasteiger partial charge in [-0.1, -0.05) is 47.6 Å². The summed E-state index contributed by atoms with van der Waals surface area (Å²) in [5, 5.41) is 0.814. The Morgan fingerprint density at radius 1 is 1.00 bits per heavy atom. The zero-order valence-electron chi connectivity index (χ0n) is 13.1. The highest BCUT2D eigenvalue weighted by atomic mass is 35.5. The Morgan fingerprint density at radius 3 is 2.65 bits per heavy atom. The highest BCUT2D eigenvalue weighted by Gasteiger charge is 2.20. The Hall–Kier alpha value is -1.22. The molecule has 0 spiro atoms. The quantitative estimate of drug-likeness (QED) is 0.599. The molecule has 2 aromatic rings. The molecular formula is C20H20ClNS. The van der Waals surface area contributed by atoms with Crippen molar-refractivity contribution in [1.82, 2.24) is 4.90 Å². The minimum absolute atomic E-state index is 0.814. The largest absolute Gasteiger partial charge is 0.303 e. The molecule has 2 aromatic carbocycles. The fourth-order valence-corrected chi connectivity index (χ4v) is 4.72. The van der Waals surface area contributed by atoms with Crippen LogP contribution >= 0.6 is 23.4 Å². The molecule has 23 heavy (non-hydrogen) atoms. The van der Waals surface area contributed by atoms with E-state index in [9.17, 15) is 0 Å². The van der Waals surface area contributed by atoms with Crippen LogP contribution in [0.25, 0.3) is 5.57 Å². The second-order valence-electron chi connectivity index (χ2n) is 6.19. The van der Waals surface area contributed by atoms with Crippen LogP contribution in [0.4, 0.5) is 0 Å². The summed E-state index contributed by atoms with van der Waals surface area (Å²) >= 11 is 8.11. The van der Waals surface area contributed by atoms with Gasteiger partial charge in [-0.3, -0.25) is 0 Å². The minimum Gasteiger partial charge on any atom is -0.303 e. The number of halogens is 1. The molecule has 2 aliphatic rings. The van der Waals surface area contributed by atoms with Crippen molar-refractivity contribution in [3.8, 4) is 0 Å². The Kier molecular flexibility index (Phi) is 4.48. The zero-order valence-corrected chi connectivity index (χ0v) is 14.7. The lowest BCUT2D eigenvalue weighted by Gasteiger charge is -2.22. The van der Waals surface area contributed by atoms with Crippen molar-refractivity contribution in [2.75, 3.05) is 19.6 Å². The fourth-order valence-electron chi connectivity index (χ4n) is 3.46. The predicted molar refractivity (Wildman–Crippen MR) is 99.4 cm³/mol. The highest BCUT2D eigenvalue weighted by molar-refractivity contribution is 7.99. The Morgan fingerprint density at radius 2 is 1.78 bits per heavy atom. The van der Waals surface area contributed by atoms with Gasteiger partial charge >= 0.3 is 0 Å². The monoisotopic (exact) mass is 341 g/mol. The summed E-state index contributed by atoms with van der Waals surface area (Å²) in [7, 11) is 0. The summed E-state index contributed by atoms with van der Waals surface area (Å²) in [4.78, 5) is 5.22. The molecule has 0 bridgehead atoms. The Bertz CT molecular complexity index is 747. The van der Waals surface area contributed by atoms with Gasteiger partial charge in [0.1, 0.15) is 0 Å². The molecule has 4 rings (SSSR count). The molecule has 1 nitrogen and oxygen atoms in total. The molecule has 0 atom stereocenters. The summed E-state index contributed by atoms with van der Waals surface area (Å²) in [6.07, 6.45) is 6.22. The fraction of sp³-hybridized carbons (Fsp3) is 0.300. The molecule has 2 aliphatic heterocycles. The Balaban J connectivity index is 1.67. The van der Waals surface area contributed by atoms with E-state index in [1.807, 2.05) is 17.8 Å². The zero-order chi connectivity index (χ0) is 15.6. The van der Waals surface area contributed by atoms with Crippen LogP contribution in [0.15, 0.2) is 58.3 Å². The average Bonchev–Trinajstić information content (AvgIpc) is 3.08. The number of likely N-dealkylation sites (tertiary alicyclic amines) is 1. The second kappa shape index (κ2) is 6.72. The van der Waals surface area contributed by atoms with Crippen molar-refractivity contribution in [3.63, 3.8) is 0 Å². The van der Waals surface area contributed by atoms with E-state index in [2.05, 4.69) is 47.4 Å². The van der Waals surface area contributed by atoms with E-state index >= 15 is 0 Å². The van der Waals surface area contributed by atoms with Crippen LogP contribution in [-0.2, 0) is 0 Å². The topological polar surface area (TPSA) is 3.24 Å². The lowest BCUT2D eigenvalue weighted by molar-refractivity contribution is 0.346. The van der Waals surface area contributed by atoms with Gasteiger partial charge in [0.25, 0.3) is 0 Å². The van der Waals surface area contributed by atoms with Crippen LogP contribution in [0.2, 0.25) is 5.02 Å². The predicted octanol–water partition coefficient (Wildman–Crippen LogP) is 5.72. The van der Waals surface area contributed by atoms with E-state index in [1.165, 1.54) is 52.4 Å². The van der Waals surface area contributed by atoms with Gasteiger partial charge in [0.2, 0.25) is 0 Å². The normalized spacial score (nSPS) is 18.9.